The van der Waals surface area contributed by atoms with Crippen molar-refractivity contribution in [2.45, 2.75) is 50.6 Å². The highest BCUT2D eigenvalue weighted by Gasteiger charge is 2.50. The van der Waals surface area contributed by atoms with E-state index >= 15 is 0 Å². The van der Waals surface area contributed by atoms with Gasteiger partial charge in [-0.1, -0.05) is 0 Å². The largest absolute Gasteiger partial charge is 0.340 e. The first kappa shape index (κ1) is 11.8. The van der Waals surface area contributed by atoms with Gasteiger partial charge in [-0.25, -0.2) is 4.98 Å². The van der Waals surface area contributed by atoms with E-state index in [4.69, 9.17) is 0 Å². The number of rotatable bonds is 3. The summed E-state index contributed by atoms with van der Waals surface area (Å²) in [6.45, 7) is 0.908. The molecule has 2 N–H and O–H groups in total. The molecule has 6 rings (SSSR count). The van der Waals surface area contributed by atoms with Crippen molar-refractivity contribution in [1.82, 2.24) is 15.3 Å². The number of nitrogens with one attached hydrogen (secondary N) is 2. The van der Waals surface area contributed by atoms with Gasteiger partial charge in [0.1, 0.15) is 5.82 Å². The van der Waals surface area contributed by atoms with Gasteiger partial charge in [0.2, 0.25) is 0 Å². The molecule has 0 aromatic carbocycles. The minimum Gasteiger partial charge on any atom is -0.340 e. The molecule has 0 aliphatic heterocycles. The molecule has 2 aromatic heterocycles. The summed E-state index contributed by atoms with van der Waals surface area (Å²) < 4.78 is 0. The summed E-state index contributed by atoms with van der Waals surface area (Å²) in [6.07, 6.45) is 8.76. The van der Waals surface area contributed by atoms with E-state index in [0.29, 0.717) is 5.54 Å². The van der Waals surface area contributed by atoms with Crippen LogP contribution in [0.4, 0.5) is 0 Å². The zero-order valence-corrected chi connectivity index (χ0v) is 12.5. The maximum absolute atomic E-state index is 4.68. The van der Waals surface area contributed by atoms with Gasteiger partial charge in [-0.05, 0) is 56.3 Å². The van der Waals surface area contributed by atoms with E-state index in [1.165, 1.54) is 44.0 Å². The first-order chi connectivity index (χ1) is 9.78. The van der Waals surface area contributed by atoms with Gasteiger partial charge < -0.3 is 10.3 Å². The Kier molecular flexibility index (Phi) is 2.40. The van der Waals surface area contributed by atoms with E-state index in [1.54, 1.807) is 11.3 Å². The number of hydrogen-bond acceptors (Lipinski definition) is 3. The highest BCUT2D eigenvalue weighted by atomic mass is 32.1. The monoisotopic (exact) mass is 287 g/mol. The van der Waals surface area contributed by atoms with Crippen LogP contribution in [0, 0.1) is 17.8 Å². The minimum atomic E-state index is 0.439. The number of imidazole rings is 1. The van der Waals surface area contributed by atoms with Gasteiger partial charge in [0.25, 0.3) is 0 Å². The zero-order chi connectivity index (χ0) is 13.2. The maximum atomic E-state index is 4.68. The first-order valence-corrected chi connectivity index (χ1v) is 8.88. The molecule has 3 nitrogen and oxygen atoms in total. The number of fused-ring (bicyclic) bond motifs is 1. The van der Waals surface area contributed by atoms with Crippen molar-refractivity contribution in [1.29, 1.82) is 0 Å². The predicted octanol–water partition coefficient (Wildman–Crippen LogP) is 3.68. The molecule has 4 aliphatic carbocycles. The molecule has 4 aliphatic rings. The summed E-state index contributed by atoms with van der Waals surface area (Å²) in [5.74, 6) is 4.13. The van der Waals surface area contributed by atoms with Gasteiger partial charge in [-0.3, -0.25) is 0 Å². The van der Waals surface area contributed by atoms with Crippen LogP contribution in [-0.2, 0) is 6.54 Å². The van der Waals surface area contributed by atoms with Crippen LogP contribution in [0.2, 0.25) is 0 Å². The SMILES string of the molecule is c1scc2[nH]c(CNC34CC5CC(CC(C5)C3)C4)nc12. The summed E-state index contributed by atoms with van der Waals surface area (Å²) in [6, 6.07) is 0. The Morgan fingerprint density at radius 2 is 1.85 bits per heavy atom. The third-order valence-corrected chi connectivity index (χ3v) is 6.58. The minimum absolute atomic E-state index is 0.439. The Hall–Kier alpha value is -0.870. The Labute approximate surface area is 123 Å². The van der Waals surface area contributed by atoms with Crippen molar-refractivity contribution in [3.05, 3.63) is 16.6 Å². The van der Waals surface area contributed by atoms with Gasteiger partial charge in [0, 0.05) is 16.3 Å². The molecule has 0 radical (unpaired) electrons. The van der Waals surface area contributed by atoms with Crippen LogP contribution in [0.3, 0.4) is 0 Å². The zero-order valence-electron chi connectivity index (χ0n) is 11.7. The number of aromatic nitrogens is 2. The second kappa shape index (κ2) is 4.08. The molecule has 2 heterocycles. The lowest BCUT2D eigenvalue weighted by molar-refractivity contribution is -0.0208. The van der Waals surface area contributed by atoms with E-state index in [9.17, 15) is 0 Å². The van der Waals surface area contributed by atoms with E-state index in [1.807, 2.05) is 0 Å². The van der Waals surface area contributed by atoms with Crippen molar-refractivity contribution >= 4 is 22.4 Å². The molecule has 4 heteroatoms. The molecular formula is C16H21N3S. The van der Waals surface area contributed by atoms with Crippen molar-refractivity contribution in [3.8, 4) is 0 Å². The van der Waals surface area contributed by atoms with Crippen LogP contribution in [0.25, 0.3) is 11.0 Å². The predicted molar refractivity (Wildman–Crippen MR) is 81.7 cm³/mol. The average Bonchev–Trinajstić information content (AvgIpc) is 2.95. The Morgan fingerprint density at radius 3 is 2.50 bits per heavy atom. The molecule has 0 unspecified atom stereocenters. The number of nitrogens with zero attached hydrogens (tertiary/aromatic N) is 1. The Morgan fingerprint density at radius 1 is 1.15 bits per heavy atom. The molecule has 20 heavy (non-hydrogen) atoms. The maximum Gasteiger partial charge on any atom is 0.121 e. The lowest BCUT2D eigenvalue weighted by atomic mass is 9.53. The van der Waals surface area contributed by atoms with Gasteiger partial charge in [-0.2, -0.15) is 0 Å². The third-order valence-electron chi connectivity index (χ3n) is 5.84. The Balaban J connectivity index is 1.35. The van der Waals surface area contributed by atoms with Crippen molar-refractivity contribution < 1.29 is 0 Å². The smallest absolute Gasteiger partial charge is 0.121 e. The summed E-state index contributed by atoms with van der Waals surface area (Å²) in [5, 5.41) is 8.18. The van der Waals surface area contributed by atoms with E-state index in [0.717, 1.165) is 35.6 Å². The van der Waals surface area contributed by atoms with Crippen molar-refractivity contribution in [2.75, 3.05) is 0 Å². The van der Waals surface area contributed by atoms with Crippen LogP contribution in [-0.4, -0.2) is 15.5 Å². The summed E-state index contributed by atoms with van der Waals surface area (Å²) in [5.41, 5.74) is 2.75. The Bertz CT molecular complexity index is 577. The third kappa shape index (κ3) is 1.77. The molecule has 0 saturated heterocycles. The fourth-order valence-corrected chi connectivity index (χ4v) is 6.17. The summed E-state index contributed by atoms with van der Waals surface area (Å²) >= 11 is 1.72. The topological polar surface area (TPSA) is 40.7 Å². The summed E-state index contributed by atoms with van der Waals surface area (Å²) in [7, 11) is 0. The quantitative estimate of drug-likeness (QED) is 0.904. The van der Waals surface area contributed by atoms with E-state index in [2.05, 4.69) is 26.0 Å². The van der Waals surface area contributed by atoms with Crippen LogP contribution in [0.5, 0.6) is 0 Å². The van der Waals surface area contributed by atoms with Gasteiger partial charge >= 0.3 is 0 Å². The van der Waals surface area contributed by atoms with Gasteiger partial charge in [0.15, 0.2) is 0 Å². The average molecular weight is 287 g/mol. The van der Waals surface area contributed by atoms with Crippen molar-refractivity contribution in [3.63, 3.8) is 0 Å². The molecule has 0 spiro atoms. The molecular weight excluding hydrogens is 266 g/mol. The van der Waals surface area contributed by atoms with Crippen LogP contribution < -0.4 is 5.32 Å². The molecule has 4 bridgehead atoms. The number of H-pyrrole nitrogens is 1. The van der Waals surface area contributed by atoms with Crippen LogP contribution in [0.1, 0.15) is 44.3 Å². The molecule has 0 amide bonds. The van der Waals surface area contributed by atoms with E-state index in [-0.39, 0.29) is 0 Å². The molecule has 4 saturated carbocycles. The number of hydrogen-bond donors (Lipinski definition) is 2. The lowest BCUT2D eigenvalue weighted by Crippen LogP contribution is -2.58. The lowest BCUT2D eigenvalue weighted by Gasteiger charge is -2.57. The van der Waals surface area contributed by atoms with Crippen LogP contribution >= 0.6 is 11.3 Å². The van der Waals surface area contributed by atoms with Gasteiger partial charge in [-0.15, -0.1) is 11.3 Å². The normalized spacial score (nSPS) is 38.9. The van der Waals surface area contributed by atoms with E-state index < -0.39 is 0 Å². The molecule has 4 fully saturated rings. The standard InChI is InChI=1S/C16H21N3S/c1-10-2-12-3-11(1)5-16(4-10,6-12)17-7-15-18-13-8-20-9-14(13)19-15/h8-12,17H,1-7H2,(H,18,19). The highest BCUT2D eigenvalue weighted by Crippen LogP contribution is 2.55. The second-order valence-corrected chi connectivity index (χ2v) is 8.15. The highest BCUT2D eigenvalue weighted by molar-refractivity contribution is 7.09. The number of aromatic amines is 1. The van der Waals surface area contributed by atoms with Gasteiger partial charge in [0.05, 0.1) is 17.6 Å². The summed E-state index contributed by atoms with van der Waals surface area (Å²) in [4.78, 5) is 8.13. The number of thiophene rings is 1. The molecule has 106 valence electrons. The molecule has 2 aromatic rings. The van der Waals surface area contributed by atoms with Crippen molar-refractivity contribution in [2.24, 2.45) is 17.8 Å². The first-order valence-electron chi connectivity index (χ1n) is 7.94. The fraction of sp³-hybridized carbons (Fsp3) is 0.688. The fourth-order valence-electron chi connectivity index (χ4n) is 5.48. The second-order valence-electron chi connectivity index (χ2n) is 7.41. The van der Waals surface area contributed by atoms with Crippen LogP contribution in [0.15, 0.2) is 10.8 Å². The molecule has 0 atom stereocenters.